The van der Waals surface area contributed by atoms with Gasteiger partial charge in [0.05, 0.1) is 20.8 Å². The highest BCUT2D eigenvalue weighted by molar-refractivity contribution is 6.52. The smallest absolute Gasteiger partial charge is 0.274 e. The molecule has 0 aliphatic carbocycles. The fourth-order valence-electron chi connectivity index (χ4n) is 2.29. The quantitative estimate of drug-likeness (QED) is 0.425. The fourth-order valence-corrected chi connectivity index (χ4v) is 3.10. The van der Waals surface area contributed by atoms with E-state index in [1.807, 2.05) is 0 Å². The maximum absolute atomic E-state index is 13.7. The number of amides is 2. The van der Waals surface area contributed by atoms with Crippen LogP contribution in [0.1, 0.15) is 23.8 Å². The number of hydrogen-bond donors (Lipinski definition) is 1. The van der Waals surface area contributed by atoms with Crippen molar-refractivity contribution in [2.24, 2.45) is 0 Å². The molecule has 0 fully saturated rings. The highest BCUT2D eigenvalue weighted by atomic mass is 35.5. The Labute approximate surface area is 183 Å². The van der Waals surface area contributed by atoms with Crippen LogP contribution >= 0.6 is 46.4 Å². The van der Waals surface area contributed by atoms with Crippen LogP contribution in [0.5, 0.6) is 0 Å². The molecule has 2 amide bonds. The minimum Gasteiger partial charge on any atom is -0.328 e. The van der Waals surface area contributed by atoms with Gasteiger partial charge in [-0.05, 0) is 18.6 Å². The molecular weight excluding hydrogens is 477 g/mol. The number of nitrogens with one attached hydrogen (secondary N) is 1. The lowest BCUT2D eigenvalue weighted by Crippen LogP contribution is -2.39. The van der Waals surface area contributed by atoms with Gasteiger partial charge in [0, 0.05) is 6.54 Å². The van der Waals surface area contributed by atoms with Gasteiger partial charge in [-0.15, -0.1) is 0 Å². The molecule has 0 aliphatic heterocycles. The zero-order valence-electron chi connectivity index (χ0n) is 14.6. The number of aromatic nitrogens is 1. The van der Waals surface area contributed by atoms with Crippen molar-refractivity contribution in [3.05, 3.63) is 55.5 Å². The van der Waals surface area contributed by atoms with Crippen LogP contribution < -0.4 is 5.32 Å². The second kappa shape index (κ2) is 9.84. The summed E-state index contributed by atoms with van der Waals surface area (Å²) in [6, 6.07) is 1.51. The zero-order valence-corrected chi connectivity index (χ0v) is 17.7. The molecule has 0 atom stereocenters. The normalized spacial score (nSPS) is 10.8. The van der Waals surface area contributed by atoms with E-state index in [-0.39, 0.29) is 32.5 Å². The highest BCUT2D eigenvalue weighted by Crippen LogP contribution is 2.36. The van der Waals surface area contributed by atoms with Crippen molar-refractivity contribution >= 4 is 63.9 Å². The largest absolute Gasteiger partial charge is 0.328 e. The van der Waals surface area contributed by atoms with Gasteiger partial charge in [0.15, 0.2) is 17.5 Å². The van der Waals surface area contributed by atoms with Crippen molar-refractivity contribution in [1.82, 2.24) is 9.88 Å². The molecule has 0 aliphatic rings. The lowest BCUT2D eigenvalue weighted by Gasteiger charge is -2.22. The molecule has 0 bridgehead atoms. The summed E-state index contributed by atoms with van der Waals surface area (Å²) in [5.41, 5.74) is -0.905. The number of pyridine rings is 1. The van der Waals surface area contributed by atoms with E-state index in [0.29, 0.717) is 12.5 Å². The third kappa shape index (κ3) is 5.25. The molecule has 1 aromatic carbocycles. The van der Waals surface area contributed by atoms with Gasteiger partial charge in [-0.3, -0.25) is 9.59 Å². The van der Waals surface area contributed by atoms with Crippen molar-refractivity contribution < 1.29 is 22.8 Å². The molecule has 0 radical (unpaired) electrons. The highest BCUT2D eigenvalue weighted by Gasteiger charge is 2.26. The minimum absolute atomic E-state index is 0.0996. The average Bonchev–Trinajstić information content (AvgIpc) is 2.68. The summed E-state index contributed by atoms with van der Waals surface area (Å²) in [5.74, 6) is -6.34. The zero-order chi connectivity index (χ0) is 21.9. The molecule has 0 saturated carbocycles. The summed E-state index contributed by atoms with van der Waals surface area (Å²) in [4.78, 5) is 29.9. The Balaban J connectivity index is 2.25. The third-order valence-electron chi connectivity index (χ3n) is 3.61. The Kier molecular flexibility index (Phi) is 7.99. The minimum atomic E-state index is -1.73. The first-order valence-corrected chi connectivity index (χ1v) is 9.52. The maximum atomic E-state index is 13.7. The molecule has 0 saturated heterocycles. The predicted octanol–water partition coefficient (Wildman–Crippen LogP) is 5.60. The number of hydrogen-bond acceptors (Lipinski definition) is 3. The molecule has 12 heteroatoms. The van der Waals surface area contributed by atoms with Crippen molar-refractivity contribution in [3.63, 3.8) is 0 Å². The van der Waals surface area contributed by atoms with E-state index in [2.05, 4.69) is 10.3 Å². The Morgan fingerprint density at radius 3 is 2.31 bits per heavy atom. The van der Waals surface area contributed by atoms with Gasteiger partial charge >= 0.3 is 0 Å². The fraction of sp³-hybridized carbons (Fsp3) is 0.235. The standard InChI is InChI=1S/C17H12Cl4F3N3O2/c1-2-5-27(17(29)15-11(19)10(18)12(20)16(21)26-15)6-9(28)25-8-4-3-7(22)13(23)14(8)24/h3-4H,2,5-6H2,1H3,(H,25,28). The van der Waals surface area contributed by atoms with Crippen LogP contribution in [0, 0.1) is 17.5 Å². The van der Waals surface area contributed by atoms with E-state index in [4.69, 9.17) is 46.4 Å². The summed E-state index contributed by atoms with van der Waals surface area (Å²) >= 11 is 23.6. The van der Waals surface area contributed by atoms with Gasteiger partial charge in [0.1, 0.15) is 17.4 Å². The number of halogens is 7. The molecule has 0 unspecified atom stereocenters. The molecule has 1 heterocycles. The second-order valence-electron chi connectivity index (χ2n) is 5.69. The van der Waals surface area contributed by atoms with Crippen LogP contribution in [0.15, 0.2) is 12.1 Å². The first-order valence-electron chi connectivity index (χ1n) is 8.01. The molecule has 156 valence electrons. The van der Waals surface area contributed by atoms with Crippen LogP contribution in [0.4, 0.5) is 18.9 Å². The van der Waals surface area contributed by atoms with E-state index >= 15 is 0 Å². The Bertz CT molecular complexity index is 976. The average molecular weight is 489 g/mol. The topological polar surface area (TPSA) is 62.3 Å². The van der Waals surface area contributed by atoms with Gasteiger partial charge in [0.25, 0.3) is 5.91 Å². The summed E-state index contributed by atoms with van der Waals surface area (Å²) in [6.07, 6.45) is 0.450. The van der Waals surface area contributed by atoms with Crippen LogP contribution in [-0.2, 0) is 4.79 Å². The second-order valence-corrected chi connectivity index (χ2v) is 7.18. The summed E-state index contributed by atoms with van der Waals surface area (Å²) < 4.78 is 40.0. The van der Waals surface area contributed by atoms with E-state index in [1.54, 1.807) is 6.92 Å². The van der Waals surface area contributed by atoms with Gasteiger partial charge in [-0.1, -0.05) is 53.3 Å². The third-order valence-corrected chi connectivity index (χ3v) is 5.29. The van der Waals surface area contributed by atoms with Crippen LogP contribution in [0.2, 0.25) is 20.2 Å². The van der Waals surface area contributed by atoms with Gasteiger partial charge in [0.2, 0.25) is 5.91 Å². The molecular formula is C17H12Cl4F3N3O2. The van der Waals surface area contributed by atoms with Crippen LogP contribution in [0.3, 0.4) is 0 Å². The molecule has 1 N–H and O–H groups in total. The summed E-state index contributed by atoms with van der Waals surface area (Å²) in [7, 11) is 0. The first-order chi connectivity index (χ1) is 13.6. The van der Waals surface area contributed by atoms with Crippen molar-refractivity contribution in [2.45, 2.75) is 13.3 Å². The molecule has 2 aromatic rings. The maximum Gasteiger partial charge on any atom is 0.274 e. The number of carbonyl (C=O) groups is 2. The number of nitrogens with zero attached hydrogens (tertiary/aromatic N) is 2. The SMILES string of the molecule is CCCN(CC(=O)Nc1ccc(F)c(F)c1F)C(=O)c1nc(Cl)c(Cl)c(Cl)c1Cl. The number of carbonyl (C=O) groups excluding carboxylic acids is 2. The first kappa shape index (κ1) is 23.5. The summed E-state index contributed by atoms with van der Waals surface area (Å²) in [6.45, 7) is 1.29. The molecule has 5 nitrogen and oxygen atoms in total. The van der Waals surface area contributed by atoms with Crippen molar-refractivity contribution in [1.29, 1.82) is 0 Å². The monoisotopic (exact) mass is 487 g/mol. The van der Waals surface area contributed by atoms with E-state index in [0.717, 1.165) is 11.0 Å². The van der Waals surface area contributed by atoms with E-state index < -0.39 is 41.5 Å². The van der Waals surface area contributed by atoms with Gasteiger partial charge < -0.3 is 10.2 Å². The van der Waals surface area contributed by atoms with Gasteiger partial charge in [-0.25, -0.2) is 18.2 Å². The Morgan fingerprint density at radius 2 is 1.69 bits per heavy atom. The Morgan fingerprint density at radius 1 is 1.03 bits per heavy atom. The van der Waals surface area contributed by atoms with Gasteiger partial charge in [-0.2, -0.15) is 0 Å². The lowest BCUT2D eigenvalue weighted by atomic mass is 10.2. The number of rotatable bonds is 6. The molecule has 0 spiro atoms. The number of benzene rings is 1. The van der Waals surface area contributed by atoms with E-state index in [1.165, 1.54) is 0 Å². The van der Waals surface area contributed by atoms with E-state index in [9.17, 15) is 22.8 Å². The molecule has 29 heavy (non-hydrogen) atoms. The number of anilines is 1. The van der Waals surface area contributed by atoms with Crippen molar-refractivity contribution in [3.8, 4) is 0 Å². The Hall–Kier alpha value is -1.74. The van der Waals surface area contributed by atoms with Crippen molar-refractivity contribution in [2.75, 3.05) is 18.4 Å². The summed E-state index contributed by atoms with van der Waals surface area (Å²) in [5, 5.41) is 1.26. The molecule has 1 aromatic heterocycles. The predicted molar refractivity (Wildman–Crippen MR) is 105 cm³/mol. The van der Waals surface area contributed by atoms with Crippen LogP contribution in [0.25, 0.3) is 0 Å². The molecule has 2 rings (SSSR count). The van der Waals surface area contributed by atoms with Crippen LogP contribution in [-0.4, -0.2) is 34.8 Å². The lowest BCUT2D eigenvalue weighted by molar-refractivity contribution is -0.116.